The third kappa shape index (κ3) is 3.52. The lowest BCUT2D eigenvalue weighted by Gasteiger charge is -2.02. The van der Waals surface area contributed by atoms with Gasteiger partial charge < -0.3 is 15.7 Å². The molecule has 8 heteroatoms. The van der Waals surface area contributed by atoms with Crippen molar-refractivity contribution >= 4 is 34.1 Å². The Morgan fingerprint density at radius 1 is 1.39 bits per heavy atom. The largest absolute Gasteiger partial charge is 0.476 e. The van der Waals surface area contributed by atoms with E-state index in [1.165, 1.54) is 6.92 Å². The fourth-order valence-electron chi connectivity index (χ4n) is 1.19. The highest BCUT2D eigenvalue weighted by atomic mass is 32.1. The zero-order chi connectivity index (χ0) is 13.7. The van der Waals surface area contributed by atoms with Crippen LogP contribution in [0, 0.1) is 0 Å². The minimum Gasteiger partial charge on any atom is -0.476 e. The molecule has 1 aromatic heterocycles. The van der Waals surface area contributed by atoms with E-state index in [0.717, 1.165) is 11.3 Å². The van der Waals surface area contributed by atoms with Gasteiger partial charge in [0.05, 0.1) is 6.54 Å². The van der Waals surface area contributed by atoms with Crippen molar-refractivity contribution < 1.29 is 19.5 Å². The lowest BCUT2D eigenvalue weighted by Crippen LogP contribution is -2.29. The number of amides is 1. The van der Waals surface area contributed by atoms with E-state index in [2.05, 4.69) is 15.6 Å². The number of carboxylic acids is 1. The van der Waals surface area contributed by atoms with E-state index in [1.807, 2.05) is 0 Å². The minimum atomic E-state index is -1.26. The molecule has 0 radical (unpaired) electrons. The van der Waals surface area contributed by atoms with Crippen LogP contribution in [0.5, 0.6) is 0 Å². The molecular weight excluding hydrogens is 258 g/mol. The molecule has 0 fully saturated rings. The van der Waals surface area contributed by atoms with Gasteiger partial charge in [0.2, 0.25) is 5.91 Å². The summed E-state index contributed by atoms with van der Waals surface area (Å²) >= 11 is 0.923. The summed E-state index contributed by atoms with van der Waals surface area (Å²) in [6.45, 7) is 3.56. The SMILES string of the molecule is CCNC(=O)CNc1nc(C(=O)O)c(C(C)=O)s1. The number of rotatable bonds is 6. The van der Waals surface area contributed by atoms with Crippen LogP contribution in [0.4, 0.5) is 5.13 Å². The van der Waals surface area contributed by atoms with E-state index in [-0.39, 0.29) is 33.9 Å². The molecule has 0 atom stereocenters. The molecule has 0 aliphatic heterocycles. The van der Waals surface area contributed by atoms with Gasteiger partial charge >= 0.3 is 5.97 Å². The number of hydrogen-bond acceptors (Lipinski definition) is 6. The molecule has 7 nitrogen and oxygen atoms in total. The summed E-state index contributed by atoms with van der Waals surface area (Å²) < 4.78 is 0. The van der Waals surface area contributed by atoms with Gasteiger partial charge in [0.25, 0.3) is 0 Å². The number of carboxylic acid groups (broad SMARTS) is 1. The van der Waals surface area contributed by atoms with Crippen molar-refractivity contribution in [1.82, 2.24) is 10.3 Å². The number of anilines is 1. The van der Waals surface area contributed by atoms with Crippen LogP contribution in [0.3, 0.4) is 0 Å². The molecule has 1 aromatic rings. The quantitative estimate of drug-likeness (QED) is 0.653. The van der Waals surface area contributed by atoms with Crippen molar-refractivity contribution in [2.75, 3.05) is 18.4 Å². The summed E-state index contributed by atoms with van der Waals surface area (Å²) in [6.07, 6.45) is 0. The highest BCUT2D eigenvalue weighted by Crippen LogP contribution is 2.23. The summed E-state index contributed by atoms with van der Waals surface area (Å²) in [7, 11) is 0. The number of carbonyl (C=O) groups is 3. The zero-order valence-corrected chi connectivity index (χ0v) is 10.8. The summed E-state index contributed by atoms with van der Waals surface area (Å²) in [6, 6.07) is 0. The number of Topliss-reactive ketones (excluding diaryl/α,β-unsaturated/α-hetero) is 1. The number of carbonyl (C=O) groups excluding carboxylic acids is 2. The average Bonchev–Trinajstić information content (AvgIpc) is 2.71. The molecule has 1 amide bonds. The maximum Gasteiger partial charge on any atom is 0.356 e. The number of nitrogens with zero attached hydrogens (tertiary/aromatic N) is 1. The number of nitrogens with one attached hydrogen (secondary N) is 2. The number of aromatic carboxylic acids is 1. The van der Waals surface area contributed by atoms with Gasteiger partial charge in [-0.15, -0.1) is 0 Å². The van der Waals surface area contributed by atoms with Crippen LogP contribution in [0.2, 0.25) is 0 Å². The van der Waals surface area contributed by atoms with Gasteiger partial charge in [-0.25, -0.2) is 9.78 Å². The Hall–Kier alpha value is -1.96. The normalized spacial score (nSPS) is 9.89. The fourth-order valence-corrected chi connectivity index (χ4v) is 2.04. The third-order valence-electron chi connectivity index (χ3n) is 1.92. The second-order valence-corrected chi connectivity index (χ2v) is 4.36. The minimum absolute atomic E-state index is 0.0161. The Morgan fingerprint density at radius 3 is 2.50 bits per heavy atom. The van der Waals surface area contributed by atoms with Gasteiger partial charge in [0.1, 0.15) is 4.88 Å². The molecule has 98 valence electrons. The maximum absolute atomic E-state index is 11.2. The molecule has 0 spiro atoms. The Kier molecular flexibility index (Phi) is 4.78. The van der Waals surface area contributed by atoms with Crippen LogP contribution >= 0.6 is 11.3 Å². The third-order valence-corrected chi connectivity index (χ3v) is 3.04. The van der Waals surface area contributed by atoms with Crippen LogP contribution in [0.15, 0.2) is 0 Å². The summed E-state index contributed by atoms with van der Waals surface area (Å²) in [5.74, 6) is -1.85. The van der Waals surface area contributed by atoms with E-state index < -0.39 is 5.97 Å². The smallest absolute Gasteiger partial charge is 0.356 e. The molecule has 0 aliphatic carbocycles. The van der Waals surface area contributed by atoms with Crippen LogP contribution in [-0.2, 0) is 4.79 Å². The van der Waals surface area contributed by atoms with Gasteiger partial charge in [-0.05, 0) is 6.92 Å². The van der Waals surface area contributed by atoms with E-state index in [1.54, 1.807) is 6.92 Å². The van der Waals surface area contributed by atoms with Gasteiger partial charge in [0.15, 0.2) is 16.6 Å². The molecule has 1 rings (SSSR count). The molecule has 0 unspecified atom stereocenters. The first-order valence-electron chi connectivity index (χ1n) is 5.21. The van der Waals surface area contributed by atoms with Crippen LogP contribution < -0.4 is 10.6 Å². The molecule has 0 saturated carbocycles. The number of likely N-dealkylation sites (N-methyl/N-ethyl adjacent to an activating group) is 1. The second-order valence-electron chi connectivity index (χ2n) is 3.37. The van der Waals surface area contributed by atoms with E-state index in [4.69, 9.17) is 5.11 Å². The topological polar surface area (TPSA) is 108 Å². The lowest BCUT2D eigenvalue weighted by molar-refractivity contribution is -0.119. The van der Waals surface area contributed by atoms with Crippen LogP contribution in [-0.4, -0.2) is 40.8 Å². The zero-order valence-electron chi connectivity index (χ0n) is 9.94. The van der Waals surface area contributed by atoms with Gasteiger partial charge in [-0.2, -0.15) is 0 Å². The van der Waals surface area contributed by atoms with Gasteiger partial charge in [-0.1, -0.05) is 11.3 Å². The average molecular weight is 271 g/mol. The Balaban J connectivity index is 2.79. The van der Waals surface area contributed by atoms with Crippen molar-refractivity contribution in [2.24, 2.45) is 0 Å². The van der Waals surface area contributed by atoms with E-state index in [9.17, 15) is 14.4 Å². The standard InChI is InChI=1S/C10H13N3O4S/c1-3-11-6(15)4-12-10-13-7(9(16)17)8(18-10)5(2)14/h3-4H2,1-2H3,(H,11,15)(H,12,13)(H,16,17). The van der Waals surface area contributed by atoms with E-state index in [0.29, 0.717) is 6.54 Å². The van der Waals surface area contributed by atoms with Crippen molar-refractivity contribution in [2.45, 2.75) is 13.8 Å². The van der Waals surface area contributed by atoms with Crippen LogP contribution in [0.1, 0.15) is 34.0 Å². The molecule has 0 saturated heterocycles. The van der Waals surface area contributed by atoms with Gasteiger partial charge in [0, 0.05) is 13.5 Å². The van der Waals surface area contributed by atoms with Crippen molar-refractivity contribution in [1.29, 1.82) is 0 Å². The number of hydrogen-bond donors (Lipinski definition) is 3. The molecule has 3 N–H and O–H groups in total. The highest BCUT2D eigenvalue weighted by molar-refractivity contribution is 7.17. The first kappa shape index (κ1) is 14.1. The first-order valence-corrected chi connectivity index (χ1v) is 6.03. The summed E-state index contributed by atoms with van der Waals surface area (Å²) in [5, 5.41) is 14.4. The van der Waals surface area contributed by atoms with E-state index >= 15 is 0 Å². The Morgan fingerprint density at radius 2 is 2.06 bits per heavy atom. The fraction of sp³-hybridized carbons (Fsp3) is 0.400. The molecule has 0 aromatic carbocycles. The maximum atomic E-state index is 11.2. The highest BCUT2D eigenvalue weighted by Gasteiger charge is 2.20. The second kappa shape index (κ2) is 6.10. The molecule has 0 bridgehead atoms. The van der Waals surface area contributed by atoms with Crippen molar-refractivity contribution in [3.8, 4) is 0 Å². The monoisotopic (exact) mass is 271 g/mol. The summed E-state index contributed by atoms with van der Waals surface area (Å²) in [4.78, 5) is 37.1. The number of aromatic nitrogens is 1. The molecular formula is C10H13N3O4S. The summed E-state index contributed by atoms with van der Waals surface area (Å²) in [5.41, 5.74) is -0.286. The lowest BCUT2D eigenvalue weighted by atomic mass is 10.3. The Labute approximate surface area is 107 Å². The molecule has 0 aliphatic rings. The van der Waals surface area contributed by atoms with Crippen LogP contribution in [0.25, 0.3) is 0 Å². The predicted octanol–water partition coefficient (Wildman–Crippen LogP) is 0.592. The van der Waals surface area contributed by atoms with Crippen molar-refractivity contribution in [3.63, 3.8) is 0 Å². The Bertz CT molecular complexity index is 452. The molecule has 18 heavy (non-hydrogen) atoms. The van der Waals surface area contributed by atoms with Crippen molar-refractivity contribution in [3.05, 3.63) is 10.6 Å². The van der Waals surface area contributed by atoms with Gasteiger partial charge in [-0.3, -0.25) is 9.59 Å². The number of thiazole rings is 1. The first-order chi connectivity index (χ1) is 8.45. The number of ketones is 1. The molecule has 1 heterocycles. The predicted molar refractivity (Wildman–Crippen MR) is 66.3 cm³/mol.